The largest absolute Gasteiger partial charge is 0.465 e. The maximum absolute atomic E-state index is 5.47. The van der Waals surface area contributed by atoms with E-state index in [0.29, 0.717) is 0 Å². The number of ether oxygens (including phenoxy) is 1. The summed E-state index contributed by atoms with van der Waals surface area (Å²) >= 11 is 0. The molecule has 0 unspecified atom stereocenters. The lowest BCUT2D eigenvalue weighted by molar-refractivity contribution is 0.477. The number of allylic oxidation sites excluding steroid dienone is 1. The van der Waals surface area contributed by atoms with Gasteiger partial charge in [-0.15, -0.1) is 0 Å². The molecule has 0 atom stereocenters. The molecule has 17 heavy (non-hydrogen) atoms. The zero-order chi connectivity index (χ0) is 12.2. The van der Waals surface area contributed by atoms with Crippen molar-refractivity contribution in [2.45, 2.75) is 51.9 Å². The average molecular weight is 232 g/mol. The summed E-state index contributed by atoms with van der Waals surface area (Å²) in [5, 5.41) is 0. The van der Waals surface area contributed by atoms with Gasteiger partial charge in [-0.05, 0) is 31.1 Å². The van der Waals surface area contributed by atoms with Crippen LogP contribution in [0.25, 0.3) is 0 Å². The predicted molar refractivity (Wildman–Crippen MR) is 74.2 cm³/mol. The highest BCUT2D eigenvalue weighted by Gasteiger charge is 1.89. The van der Waals surface area contributed by atoms with Gasteiger partial charge >= 0.3 is 0 Å². The first-order valence-corrected chi connectivity index (χ1v) is 6.80. The van der Waals surface area contributed by atoms with Crippen LogP contribution in [-0.2, 0) is 0 Å². The molecule has 0 aliphatic heterocycles. The maximum atomic E-state index is 5.47. The number of rotatable bonds is 9. The quantitative estimate of drug-likeness (QED) is 0.413. The van der Waals surface area contributed by atoms with Crippen molar-refractivity contribution in [3.63, 3.8) is 0 Å². The van der Waals surface area contributed by atoms with Crippen LogP contribution in [0.2, 0.25) is 0 Å². The molecule has 0 heterocycles. The van der Waals surface area contributed by atoms with Crippen molar-refractivity contribution in [1.29, 1.82) is 0 Å². The highest BCUT2D eigenvalue weighted by atomic mass is 16.5. The fourth-order valence-corrected chi connectivity index (χ4v) is 1.74. The van der Waals surface area contributed by atoms with Crippen molar-refractivity contribution in [2.24, 2.45) is 0 Å². The van der Waals surface area contributed by atoms with Gasteiger partial charge in [-0.2, -0.15) is 0 Å². The van der Waals surface area contributed by atoms with E-state index in [2.05, 4.69) is 13.0 Å². The van der Waals surface area contributed by atoms with Crippen LogP contribution in [-0.4, -0.2) is 0 Å². The molecular weight excluding hydrogens is 208 g/mol. The zero-order valence-corrected chi connectivity index (χ0v) is 10.9. The molecule has 94 valence electrons. The predicted octanol–water partition coefficient (Wildman–Crippen LogP) is 5.33. The lowest BCUT2D eigenvalue weighted by atomic mass is 10.1. The van der Waals surface area contributed by atoms with Crippen LogP contribution >= 0.6 is 0 Å². The minimum atomic E-state index is 0.909. The highest BCUT2D eigenvalue weighted by molar-refractivity contribution is 5.21. The second kappa shape index (κ2) is 9.95. The van der Waals surface area contributed by atoms with Crippen LogP contribution in [0.1, 0.15) is 51.9 Å². The first-order chi connectivity index (χ1) is 8.43. The van der Waals surface area contributed by atoms with Gasteiger partial charge in [0, 0.05) is 0 Å². The molecule has 1 aromatic carbocycles. The van der Waals surface area contributed by atoms with E-state index in [9.17, 15) is 0 Å². The summed E-state index contributed by atoms with van der Waals surface area (Å²) in [5.41, 5.74) is 0. The fraction of sp³-hybridized carbons (Fsp3) is 0.500. The minimum absolute atomic E-state index is 0.909. The second-order valence-electron chi connectivity index (χ2n) is 4.36. The SMILES string of the molecule is CCCCCCCCC=COc1ccccc1. The normalized spacial score (nSPS) is 10.9. The molecule has 1 nitrogen and oxygen atoms in total. The molecule has 1 heteroatoms. The lowest BCUT2D eigenvalue weighted by Gasteiger charge is -1.99. The van der Waals surface area contributed by atoms with Crippen LogP contribution in [0.15, 0.2) is 42.7 Å². The van der Waals surface area contributed by atoms with Crippen molar-refractivity contribution >= 4 is 0 Å². The lowest BCUT2D eigenvalue weighted by Crippen LogP contribution is -1.81. The Morgan fingerprint density at radius 1 is 0.941 bits per heavy atom. The van der Waals surface area contributed by atoms with Crippen molar-refractivity contribution < 1.29 is 4.74 Å². The Labute approximate surface area is 106 Å². The molecule has 0 aliphatic rings. The summed E-state index contributed by atoms with van der Waals surface area (Å²) in [5.74, 6) is 0.909. The smallest absolute Gasteiger partial charge is 0.126 e. The molecule has 0 amide bonds. The third-order valence-electron chi connectivity index (χ3n) is 2.77. The van der Waals surface area contributed by atoms with Crippen LogP contribution < -0.4 is 4.74 Å². The van der Waals surface area contributed by atoms with E-state index < -0.39 is 0 Å². The van der Waals surface area contributed by atoms with E-state index in [1.54, 1.807) is 6.26 Å². The Bertz CT molecular complexity index is 290. The number of unbranched alkanes of at least 4 members (excludes halogenated alkanes) is 6. The summed E-state index contributed by atoms with van der Waals surface area (Å²) in [7, 11) is 0. The van der Waals surface area contributed by atoms with Gasteiger partial charge in [0.05, 0.1) is 6.26 Å². The fourth-order valence-electron chi connectivity index (χ4n) is 1.74. The van der Waals surface area contributed by atoms with Gasteiger partial charge in [0.25, 0.3) is 0 Å². The van der Waals surface area contributed by atoms with E-state index in [0.717, 1.165) is 12.2 Å². The minimum Gasteiger partial charge on any atom is -0.465 e. The molecular formula is C16H24O. The first kappa shape index (κ1) is 13.8. The van der Waals surface area contributed by atoms with Gasteiger partial charge in [0.2, 0.25) is 0 Å². The van der Waals surface area contributed by atoms with Gasteiger partial charge in [0.15, 0.2) is 0 Å². The summed E-state index contributed by atoms with van der Waals surface area (Å²) in [6.45, 7) is 2.25. The molecule has 0 radical (unpaired) electrons. The van der Waals surface area contributed by atoms with Gasteiger partial charge in [-0.3, -0.25) is 0 Å². The van der Waals surface area contributed by atoms with E-state index in [1.165, 1.54) is 38.5 Å². The summed E-state index contributed by atoms with van der Waals surface area (Å²) < 4.78 is 5.47. The Morgan fingerprint density at radius 2 is 1.65 bits per heavy atom. The zero-order valence-electron chi connectivity index (χ0n) is 10.9. The third-order valence-corrected chi connectivity index (χ3v) is 2.77. The molecule has 0 aliphatic carbocycles. The Kier molecular flexibility index (Phi) is 8.09. The Morgan fingerprint density at radius 3 is 2.41 bits per heavy atom. The average Bonchev–Trinajstić information content (AvgIpc) is 2.38. The molecule has 0 aromatic heterocycles. The molecule has 0 fully saturated rings. The summed E-state index contributed by atoms with van der Waals surface area (Å²) in [6, 6.07) is 9.89. The van der Waals surface area contributed by atoms with E-state index in [-0.39, 0.29) is 0 Å². The highest BCUT2D eigenvalue weighted by Crippen LogP contribution is 2.10. The van der Waals surface area contributed by atoms with E-state index in [4.69, 9.17) is 4.74 Å². The third kappa shape index (κ3) is 7.62. The summed E-state index contributed by atoms with van der Waals surface area (Å²) in [6.07, 6.45) is 13.1. The van der Waals surface area contributed by atoms with Crippen molar-refractivity contribution in [2.75, 3.05) is 0 Å². The van der Waals surface area contributed by atoms with Crippen molar-refractivity contribution in [1.82, 2.24) is 0 Å². The Hall–Kier alpha value is -1.24. The van der Waals surface area contributed by atoms with Crippen molar-refractivity contribution in [3.05, 3.63) is 42.7 Å². The van der Waals surface area contributed by atoms with Crippen LogP contribution in [0, 0.1) is 0 Å². The number of hydrogen-bond donors (Lipinski definition) is 0. The Balaban J connectivity index is 1.96. The van der Waals surface area contributed by atoms with E-state index in [1.807, 2.05) is 30.3 Å². The number of para-hydroxylation sites is 1. The van der Waals surface area contributed by atoms with Gasteiger partial charge in [-0.1, -0.05) is 57.2 Å². The van der Waals surface area contributed by atoms with Gasteiger partial charge in [-0.25, -0.2) is 0 Å². The molecule has 0 spiro atoms. The standard InChI is InChI=1S/C16H24O/c1-2-3-4-5-6-7-8-12-15-17-16-13-10-9-11-14-16/h9-15H,2-8H2,1H3. The van der Waals surface area contributed by atoms with Crippen molar-refractivity contribution in [3.8, 4) is 5.75 Å². The van der Waals surface area contributed by atoms with E-state index >= 15 is 0 Å². The van der Waals surface area contributed by atoms with Gasteiger partial charge < -0.3 is 4.74 Å². The molecule has 0 N–H and O–H groups in total. The first-order valence-electron chi connectivity index (χ1n) is 6.80. The molecule has 1 rings (SSSR count). The van der Waals surface area contributed by atoms with Crippen LogP contribution in [0.5, 0.6) is 5.75 Å². The molecule has 0 saturated heterocycles. The monoisotopic (exact) mass is 232 g/mol. The molecule has 1 aromatic rings. The molecule has 0 saturated carbocycles. The van der Waals surface area contributed by atoms with Crippen LogP contribution in [0.4, 0.5) is 0 Å². The van der Waals surface area contributed by atoms with Crippen LogP contribution in [0.3, 0.4) is 0 Å². The summed E-state index contributed by atoms with van der Waals surface area (Å²) in [4.78, 5) is 0. The van der Waals surface area contributed by atoms with Gasteiger partial charge in [0.1, 0.15) is 5.75 Å². The number of benzene rings is 1. The molecule has 0 bridgehead atoms. The second-order valence-corrected chi connectivity index (χ2v) is 4.36. The maximum Gasteiger partial charge on any atom is 0.126 e. The topological polar surface area (TPSA) is 9.23 Å². The number of hydrogen-bond acceptors (Lipinski definition) is 1.